The molecule has 0 bridgehead atoms. The fourth-order valence-corrected chi connectivity index (χ4v) is 0.820. The molecular weight excluding hydrogens is 150 g/mol. The highest BCUT2D eigenvalue weighted by Crippen LogP contribution is 2.01. The van der Waals surface area contributed by atoms with E-state index in [2.05, 4.69) is 25.9 Å². The maximum absolute atomic E-state index is 8.53. The van der Waals surface area contributed by atoms with Gasteiger partial charge in [-0.3, -0.25) is 0 Å². The van der Waals surface area contributed by atoms with Crippen molar-refractivity contribution in [3.63, 3.8) is 0 Å². The monoisotopic (exact) mass is 162 g/mol. The fraction of sp³-hybridized carbons (Fsp3) is 0.444. The standard InChI is InChI=1S/C9H12N3/c1-9(2,3)12-5-4-8(6-10)7-11-12/h4-5,7H,1-3H3/q+1. The lowest BCUT2D eigenvalue weighted by Crippen LogP contribution is -2.52. The van der Waals surface area contributed by atoms with Gasteiger partial charge >= 0.3 is 0 Å². The maximum Gasteiger partial charge on any atom is 0.198 e. The summed E-state index contributed by atoms with van der Waals surface area (Å²) in [6.45, 7) is 6.18. The van der Waals surface area contributed by atoms with Crippen LogP contribution in [0.4, 0.5) is 0 Å². The quantitative estimate of drug-likeness (QED) is 0.534. The molecule has 12 heavy (non-hydrogen) atoms. The summed E-state index contributed by atoms with van der Waals surface area (Å²) in [5, 5.41) is 12.6. The molecule has 0 fully saturated rings. The van der Waals surface area contributed by atoms with Crippen molar-refractivity contribution in [2.45, 2.75) is 26.3 Å². The number of rotatable bonds is 0. The molecule has 0 N–H and O–H groups in total. The average Bonchev–Trinajstić information content (AvgIpc) is 2.03. The first-order valence-electron chi connectivity index (χ1n) is 3.82. The Morgan fingerprint density at radius 3 is 2.50 bits per heavy atom. The molecule has 3 heteroatoms. The van der Waals surface area contributed by atoms with E-state index in [0.29, 0.717) is 5.56 Å². The maximum atomic E-state index is 8.53. The van der Waals surface area contributed by atoms with E-state index in [0.717, 1.165) is 0 Å². The van der Waals surface area contributed by atoms with Crippen LogP contribution < -0.4 is 4.68 Å². The first-order valence-corrected chi connectivity index (χ1v) is 3.82. The summed E-state index contributed by atoms with van der Waals surface area (Å²) < 4.78 is 1.83. The van der Waals surface area contributed by atoms with E-state index >= 15 is 0 Å². The SMILES string of the molecule is CC(C)(C)[n+]1ccc(C#N)cn1. The van der Waals surface area contributed by atoms with E-state index in [1.54, 1.807) is 12.3 Å². The Morgan fingerprint density at radius 1 is 1.50 bits per heavy atom. The predicted octanol–water partition coefficient (Wildman–Crippen LogP) is 0.996. The van der Waals surface area contributed by atoms with Crippen LogP contribution >= 0.6 is 0 Å². The molecule has 0 saturated carbocycles. The second kappa shape index (κ2) is 2.90. The number of nitrogens with zero attached hydrogens (tertiary/aromatic N) is 3. The van der Waals surface area contributed by atoms with Crippen molar-refractivity contribution in [3.8, 4) is 6.07 Å². The smallest absolute Gasteiger partial charge is 0.192 e. The van der Waals surface area contributed by atoms with Crippen LogP contribution in [-0.2, 0) is 5.54 Å². The number of nitriles is 1. The molecular formula is C9H12N3+. The summed E-state index contributed by atoms with van der Waals surface area (Å²) in [6, 6.07) is 3.79. The third kappa shape index (κ3) is 1.79. The zero-order chi connectivity index (χ0) is 9.19. The lowest BCUT2D eigenvalue weighted by atomic mass is 10.1. The van der Waals surface area contributed by atoms with Crippen molar-refractivity contribution in [2.75, 3.05) is 0 Å². The second-order valence-electron chi connectivity index (χ2n) is 3.64. The molecule has 0 amide bonds. The van der Waals surface area contributed by atoms with Crippen LogP contribution in [0.15, 0.2) is 18.5 Å². The minimum absolute atomic E-state index is 0.0199. The van der Waals surface area contributed by atoms with Crippen LogP contribution in [0.1, 0.15) is 26.3 Å². The van der Waals surface area contributed by atoms with E-state index in [4.69, 9.17) is 5.26 Å². The van der Waals surface area contributed by atoms with Gasteiger partial charge in [-0.05, 0) is 5.10 Å². The molecule has 0 radical (unpaired) electrons. The molecule has 0 saturated heterocycles. The first-order chi connectivity index (χ1) is 5.54. The third-order valence-corrected chi connectivity index (χ3v) is 1.53. The highest BCUT2D eigenvalue weighted by molar-refractivity contribution is 5.21. The van der Waals surface area contributed by atoms with Crippen LogP contribution in [0.5, 0.6) is 0 Å². The zero-order valence-corrected chi connectivity index (χ0v) is 7.57. The minimum Gasteiger partial charge on any atom is -0.192 e. The first kappa shape index (κ1) is 8.66. The Balaban J connectivity index is 3.02. The summed E-state index contributed by atoms with van der Waals surface area (Å²) in [4.78, 5) is 0. The van der Waals surface area contributed by atoms with Crippen LogP contribution in [-0.4, -0.2) is 5.10 Å². The van der Waals surface area contributed by atoms with Gasteiger partial charge in [0.25, 0.3) is 0 Å². The molecule has 0 aliphatic heterocycles. The van der Waals surface area contributed by atoms with Crippen molar-refractivity contribution in [1.82, 2.24) is 5.10 Å². The van der Waals surface area contributed by atoms with Gasteiger partial charge in [0.1, 0.15) is 12.3 Å². The molecule has 0 aromatic carbocycles. The van der Waals surface area contributed by atoms with Crippen molar-refractivity contribution in [1.29, 1.82) is 5.26 Å². The van der Waals surface area contributed by atoms with Crippen LogP contribution in [0.3, 0.4) is 0 Å². The summed E-state index contributed by atoms with van der Waals surface area (Å²) in [5.74, 6) is 0. The topological polar surface area (TPSA) is 40.6 Å². The van der Waals surface area contributed by atoms with Gasteiger partial charge < -0.3 is 0 Å². The molecule has 1 heterocycles. The molecule has 1 aromatic heterocycles. The summed E-state index contributed by atoms with van der Waals surface area (Å²) in [7, 11) is 0. The average molecular weight is 162 g/mol. The number of aromatic nitrogens is 2. The highest BCUT2D eigenvalue weighted by atomic mass is 15.3. The van der Waals surface area contributed by atoms with Crippen molar-refractivity contribution in [2.24, 2.45) is 0 Å². The van der Waals surface area contributed by atoms with E-state index < -0.39 is 0 Å². The second-order valence-corrected chi connectivity index (χ2v) is 3.64. The minimum atomic E-state index is -0.0199. The Morgan fingerprint density at radius 2 is 2.17 bits per heavy atom. The largest absolute Gasteiger partial charge is 0.198 e. The Bertz CT molecular complexity index is 300. The predicted molar refractivity (Wildman–Crippen MR) is 44.1 cm³/mol. The lowest BCUT2D eigenvalue weighted by molar-refractivity contribution is -0.806. The van der Waals surface area contributed by atoms with E-state index in [9.17, 15) is 0 Å². The molecule has 0 spiro atoms. The van der Waals surface area contributed by atoms with Crippen LogP contribution in [0.25, 0.3) is 0 Å². The molecule has 0 atom stereocenters. The summed E-state index contributed by atoms with van der Waals surface area (Å²) in [6.07, 6.45) is 3.39. The molecule has 62 valence electrons. The highest BCUT2D eigenvalue weighted by Gasteiger charge is 2.22. The van der Waals surface area contributed by atoms with E-state index in [1.165, 1.54) is 0 Å². The van der Waals surface area contributed by atoms with E-state index in [-0.39, 0.29) is 5.54 Å². The number of hydrogen-bond acceptors (Lipinski definition) is 2. The lowest BCUT2D eigenvalue weighted by Gasteiger charge is -2.08. The fourth-order valence-electron chi connectivity index (χ4n) is 0.820. The molecule has 0 aliphatic carbocycles. The Labute approximate surface area is 72.3 Å². The molecule has 1 aromatic rings. The van der Waals surface area contributed by atoms with Gasteiger partial charge in [0, 0.05) is 26.8 Å². The Kier molecular flexibility index (Phi) is 2.09. The van der Waals surface area contributed by atoms with Gasteiger partial charge in [0.2, 0.25) is 0 Å². The normalized spacial score (nSPS) is 10.8. The van der Waals surface area contributed by atoms with E-state index in [1.807, 2.05) is 16.9 Å². The number of hydrogen-bond donors (Lipinski definition) is 0. The van der Waals surface area contributed by atoms with Gasteiger partial charge in [-0.25, -0.2) is 0 Å². The van der Waals surface area contributed by atoms with Crippen LogP contribution in [0, 0.1) is 11.3 Å². The molecule has 1 rings (SSSR count). The van der Waals surface area contributed by atoms with Crippen LogP contribution in [0.2, 0.25) is 0 Å². The van der Waals surface area contributed by atoms with Crippen molar-refractivity contribution < 1.29 is 4.68 Å². The molecule has 0 unspecified atom stereocenters. The zero-order valence-electron chi connectivity index (χ0n) is 7.57. The van der Waals surface area contributed by atoms with Gasteiger partial charge in [-0.2, -0.15) is 5.26 Å². The van der Waals surface area contributed by atoms with Crippen molar-refractivity contribution >= 4 is 0 Å². The molecule has 0 aliphatic rings. The van der Waals surface area contributed by atoms with Gasteiger partial charge in [-0.15, -0.1) is 0 Å². The van der Waals surface area contributed by atoms with Crippen molar-refractivity contribution in [3.05, 3.63) is 24.0 Å². The van der Waals surface area contributed by atoms with Gasteiger partial charge in [0.15, 0.2) is 11.7 Å². The van der Waals surface area contributed by atoms with Gasteiger partial charge in [-0.1, -0.05) is 4.68 Å². The Hall–Kier alpha value is -1.43. The summed E-state index contributed by atoms with van der Waals surface area (Å²) >= 11 is 0. The molecule has 3 nitrogen and oxygen atoms in total. The van der Waals surface area contributed by atoms with Gasteiger partial charge in [0.05, 0.1) is 5.56 Å². The third-order valence-electron chi connectivity index (χ3n) is 1.53. The summed E-state index contributed by atoms with van der Waals surface area (Å²) in [5.41, 5.74) is 0.573.